The van der Waals surface area contributed by atoms with Crippen molar-refractivity contribution in [3.8, 4) is 46.5 Å². The third-order valence-electron chi connectivity index (χ3n) is 16.7. The number of pyridine rings is 1. The Bertz CT molecular complexity index is 3440. The number of rotatable bonds is 17. The van der Waals surface area contributed by atoms with Crippen LogP contribution in [0.5, 0.6) is 11.8 Å². The average Bonchev–Trinajstić information content (AvgIpc) is 1.17. The molecule has 84 heavy (non-hydrogen) atoms. The van der Waals surface area contributed by atoms with Crippen molar-refractivity contribution in [3.63, 3.8) is 0 Å². The number of fused-ring (bicyclic) bond motifs is 4. The van der Waals surface area contributed by atoms with Crippen LogP contribution in [0.4, 0.5) is 27.8 Å². The van der Waals surface area contributed by atoms with Gasteiger partial charge in [-0.2, -0.15) is 9.97 Å². The highest BCUT2D eigenvalue weighted by Crippen LogP contribution is 2.47. The van der Waals surface area contributed by atoms with Crippen LogP contribution in [-0.4, -0.2) is 149 Å². The van der Waals surface area contributed by atoms with Crippen LogP contribution in [0.15, 0.2) is 72.9 Å². The number of likely N-dealkylation sites (tertiary alicyclic amines) is 2. The highest BCUT2D eigenvalue weighted by Gasteiger charge is 2.47. The summed E-state index contributed by atoms with van der Waals surface area (Å²) in [4.78, 5) is 56.3. The molecule has 6 unspecified atom stereocenters. The topological polar surface area (TPSA) is 195 Å². The quantitative estimate of drug-likeness (QED) is 0.0333. The number of nitrogens with zero attached hydrogens (tertiary/aromatic N) is 6. The fraction of sp³-hybridized carbons (Fsp3) is 0.460. The summed E-state index contributed by atoms with van der Waals surface area (Å²) in [5, 5.41) is 30.7. The van der Waals surface area contributed by atoms with Gasteiger partial charge in [-0.3, -0.25) is 24.3 Å². The standard InChI is InChI=1S/C48H57F3N8O6.C15H13F2NO/c1-5-32-35(49)9-6-27-18-31(61)19-33(39(27)32)41-40(51)42-34(20-52-41)44(59-21-28-7-8-29(22-59)53-28)56-46(55-42)65-26-48(13-14-48)25-57-15-11-37(36(50)24-57)64-17-12-38(62)54-43(47(2,3)4)45(63)58-16-10-30(60)23-58;1-10(18-9-19)11-5-7-12(8-6-11)15-13(16)3-2-4-14(15)17/h1,6,9,18-20,28-30,36-37,43,53,60-61H,7-8,10-17,21-26H2,2-4H3,(H,54,62);2-10H,1H3,(H,18,19)/t28-,29?,30?,36?,37?,43?;/m0./s1. The number of aromatic nitrogens is 3. The molecule has 4 aromatic carbocycles. The number of β-amino-alcohol motifs (C(OH)–C–C–N with tert-alkyl or cyclic N) is 1. The second-order valence-electron chi connectivity index (χ2n) is 24.0. The molecule has 2 aromatic heterocycles. The second kappa shape index (κ2) is 25.0. The van der Waals surface area contributed by atoms with Crippen molar-refractivity contribution in [1.29, 1.82) is 0 Å². The van der Waals surface area contributed by atoms with Crippen molar-refractivity contribution in [1.82, 2.24) is 40.7 Å². The Labute approximate surface area is 484 Å². The lowest BCUT2D eigenvalue weighted by Crippen LogP contribution is -2.54. The van der Waals surface area contributed by atoms with Gasteiger partial charge < -0.3 is 45.4 Å². The van der Waals surface area contributed by atoms with Gasteiger partial charge in [0.15, 0.2) is 5.82 Å². The number of piperidine rings is 1. The summed E-state index contributed by atoms with van der Waals surface area (Å²) in [7, 11) is 0. The molecule has 0 radical (unpaired) electrons. The van der Waals surface area contributed by atoms with E-state index in [1.54, 1.807) is 29.2 Å². The Kier molecular flexibility index (Phi) is 17.7. The van der Waals surface area contributed by atoms with Crippen molar-refractivity contribution in [2.45, 2.75) is 115 Å². The highest BCUT2D eigenvalue weighted by molar-refractivity contribution is 6.03. The first-order valence-electron chi connectivity index (χ1n) is 28.6. The zero-order valence-corrected chi connectivity index (χ0v) is 47.4. The SMILES string of the molecule is C#Cc1c(F)ccc2cc(O)cc(-c3ncc4c(N5CC6CC[C@@H](C5)N6)nc(OCC5(CN6CCC(OCCC(=O)NC(C(=O)N7CCC(O)C7)C(C)(C)C)C(F)C6)CC5)nc4c3F)c12.CC(NC=O)c1ccc(-c2c(F)cccc2F)cc1. The molecule has 1 aliphatic carbocycles. The zero-order valence-electron chi connectivity index (χ0n) is 47.4. The Morgan fingerprint density at radius 1 is 0.940 bits per heavy atom. The van der Waals surface area contributed by atoms with Gasteiger partial charge in [0.05, 0.1) is 48.0 Å². The van der Waals surface area contributed by atoms with Crippen LogP contribution < -0.4 is 25.6 Å². The van der Waals surface area contributed by atoms with Gasteiger partial charge in [-0.15, -0.1) is 6.42 Å². The van der Waals surface area contributed by atoms with Gasteiger partial charge in [-0.1, -0.05) is 63.1 Å². The number of hydrogen-bond acceptors (Lipinski definition) is 13. The minimum Gasteiger partial charge on any atom is -0.508 e. The van der Waals surface area contributed by atoms with Crippen molar-refractivity contribution in [3.05, 3.63) is 107 Å². The number of phenols is 1. The number of amides is 3. The van der Waals surface area contributed by atoms with E-state index in [-0.39, 0.29) is 113 Å². The van der Waals surface area contributed by atoms with Gasteiger partial charge in [-0.25, -0.2) is 22.0 Å². The number of terminal acetylenes is 1. The normalized spacial score (nSPS) is 21.8. The van der Waals surface area contributed by atoms with Crippen LogP contribution >= 0.6 is 0 Å². The van der Waals surface area contributed by atoms with Gasteiger partial charge in [-0.05, 0) is 97.7 Å². The average molecular weight is 1160 g/mol. The fourth-order valence-corrected chi connectivity index (χ4v) is 12.0. The molecular weight excluding hydrogens is 1090 g/mol. The van der Waals surface area contributed by atoms with Crippen LogP contribution in [0.1, 0.15) is 89.8 Å². The number of aromatic hydroxyl groups is 1. The number of carbonyl (C=O) groups is 3. The van der Waals surface area contributed by atoms with Crippen LogP contribution in [0.2, 0.25) is 0 Å². The lowest BCUT2D eigenvalue weighted by Gasteiger charge is -2.36. The minimum atomic E-state index is -1.28. The van der Waals surface area contributed by atoms with Crippen LogP contribution in [-0.2, 0) is 19.1 Å². The van der Waals surface area contributed by atoms with E-state index in [0.29, 0.717) is 74.1 Å². The molecule has 4 aliphatic heterocycles. The summed E-state index contributed by atoms with van der Waals surface area (Å²) >= 11 is 0. The molecule has 3 amide bonds. The minimum absolute atomic E-state index is 0.00984. The Hall–Kier alpha value is -7.51. The number of phenolic OH excluding ortho intramolecular Hbond substituents is 1. The van der Waals surface area contributed by atoms with Crippen molar-refractivity contribution >= 4 is 45.7 Å². The number of carbonyl (C=O) groups excluding carboxylic acids is 3. The van der Waals surface area contributed by atoms with Gasteiger partial charge >= 0.3 is 6.01 Å². The zero-order chi connectivity index (χ0) is 59.6. The lowest BCUT2D eigenvalue weighted by molar-refractivity contribution is -0.139. The number of hydrogen-bond donors (Lipinski definition) is 5. The number of benzene rings is 4. The predicted octanol–water partition coefficient (Wildman–Crippen LogP) is 8.29. The van der Waals surface area contributed by atoms with E-state index < -0.39 is 53.1 Å². The number of aliphatic hydroxyl groups is 1. The van der Waals surface area contributed by atoms with Crippen molar-refractivity contribution < 1.29 is 56.0 Å². The molecule has 4 saturated heterocycles. The molecule has 7 atom stereocenters. The van der Waals surface area contributed by atoms with E-state index in [1.807, 2.05) is 27.7 Å². The lowest BCUT2D eigenvalue weighted by atomic mass is 9.85. The van der Waals surface area contributed by atoms with Crippen LogP contribution in [0.25, 0.3) is 44.1 Å². The van der Waals surface area contributed by atoms with E-state index in [0.717, 1.165) is 31.2 Å². The van der Waals surface area contributed by atoms with Crippen LogP contribution in [0.3, 0.4) is 0 Å². The number of ether oxygens (including phenoxy) is 2. The van der Waals surface area contributed by atoms with Gasteiger partial charge in [0.25, 0.3) is 0 Å². The Balaban J connectivity index is 0.000000351. The summed E-state index contributed by atoms with van der Waals surface area (Å²) in [6, 6.07) is 15.5. The smallest absolute Gasteiger partial charge is 0.319 e. The first-order chi connectivity index (χ1) is 40.2. The van der Waals surface area contributed by atoms with Crippen molar-refractivity contribution in [2.75, 3.05) is 63.9 Å². The fourth-order valence-electron chi connectivity index (χ4n) is 12.0. The van der Waals surface area contributed by atoms with E-state index >= 15 is 8.78 Å². The molecule has 6 heterocycles. The third kappa shape index (κ3) is 13.2. The molecule has 1 saturated carbocycles. The predicted molar refractivity (Wildman–Crippen MR) is 307 cm³/mol. The maximum absolute atomic E-state index is 17.1. The largest absolute Gasteiger partial charge is 0.508 e. The van der Waals surface area contributed by atoms with E-state index in [4.69, 9.17) is 20.9 Å². The summed E-state index contributed by atoms with van der Waals surface area (Å²) in [5.41, 5.74) is 0.309. The second-order valence-corrected chi connectivity index (χ2v) is 24.0. The van der Waals surface area contributed by atoms with Gasteiger partial charge in [0, 0.05) is 86.9 Å². The maximum Gasteiger partial charge on any atom is 0.319 e. The number of piperazine rings is 1. The number of aliphatic hydroxyl groups excluding tert-OH is 1. The Morgan fingerprint density at radius 2 is 1.67 bits per heavy atom. The molecule has 5 fully saturated rings. The number of alkyl halides is 1. The molecule has 444 valence electrons. The molecule has 0 spiro atoms. The third-order valence-corrected chi connectivity index (χ3v) is 16.7. The summed E-state index contributed by atoms with van der Waals surface area (Å²) < 4.78 is 87.2. The maximum atomic E-state index is 17.1. The molecule has 5 N–H and O–H groups in total. The number of nitrogens with one attached hydrogen (secondary N) is 3. The monoisotopic (exact) mass is 1160 g/mol. The molecule has 16 nitrogen and oxygen atoms in total. The molecule has 2 bridgehead atoms. The summed E-state index contributed by atoms with van der Waals surface area (Å²) in [6.45, 7) is 11.0. The molecule has 6 aromatic rings. The molecular formula is C63H70F5N9O7. The summed E-state index contributed by atoms with van der Waals surface area (Å²) in [5.74, 6) is -0.516. The van der Waals surface area contributed by atoms with Crippen LogP contribution in [0, 0.1) is 46.4 Å². The van der Waals surface area contributed by atoms with Crippen molar-refractivity contribution in [2.24, 2.45) is 10.8 Å². The first kappa shape index (κ1) is 59.6. The molecule has 5 aliphatic rings. The van der Waals surface area contributed by atoms with Gasteiger partial charge in [0.1, 0.15) is 52.4 Å². The molecule has 21 heteroatoms. The summed E-state index contributed by atoms with van der Waals surface area (Å²) in [6.07, 6.45) is 9.97. The first-order valence-corrected chi connectivity index (χ1v) is 28.6. The van der Waals surface area contributed by atoms with E-state index in [9.17, 15) is 37.8 Å². The van der Waals surface area contributed by atoms with E-state index in [2.05, 4.69) is 41.6 Å². The highest BCUT2D eigenvalue weighted by atomic mass is 19.1. The number of anilines is 1. The van der Waals surface area contributed by atoms with E-state index in [1.165, 1.54) is 48.7 Å². The number of halogens is 5. The van der Waals surface area contributed by atoms with Gasteiger partial charge in [0.2, 0.25) is 18.2 Å². The molecule has 11 rings (SSSR count). The Morgan fingerprint density at radius 3 is 2.31 bits per heavy atom.